The van der Waals surface area contributed by atoms with Gasteiger partial charge in [-0.1, -0.05) is 24.3 Å². The zero-order chi connectivity index (χ0) is 19.0. The maximum atomic E-state index is 11.9. The second-order valence-electron chi connectivity index (χ2n) is 7.31. The minimum atomic E-state index is -0.821. The van der Waals surface area contributed by atoms with Crippen LogP contribution in [0.3, 0.4) is 0 Å². The topological polar surface area (TPSA) is 92.9 Å². The summed E-state index contributed by atoms with van der Waals surface area (Å²) in [5.74, 6) is -1.31. The lowest BCUT2D eigenvalue weighted by Gasteiger charge is -2.25. The smallest absolute Gasteiger partial charge is 0.410 e. The van der Waals surface area contributed by atoms with Gasteiger partial charge in [-0.3, -0.25) is 4.79 Å². The monoisotopic (exact) mass is 350 g/mol. The molecule has 0 radical (unpaired) electrons. The molecular formula is C19H30N2O4. The van der Waals surface area contributed by atoms with Gasteiger partial charge in [-0.05, 0) is 51.2 Å². The van der Waals surface area contributed by atoms with E-state index in [-0.39, 0.29) is 0 Å². The van der Waals surface area contributed by atoms with Crippen LogP contribution in [0.5, 0.6) is 0 Å². The summed E-state index contributed by atoms with van der Waals surface area (Å²) in [6, 6.07) is 7.69. The lowest BCUT2D eigenvalue weighted by Crippen LogP contribution is -2.35. The maximum absolute atomic E-state index is 11.9. The number of rotatable bonds is 8. The first kappa shape index (κ1) is 21.0. The van der Waals surface area contributed by atoms with Crippen molar-refractivity contribution >= 4 is 12.1 Å². The van der Waals surface area contributed by atoms with Gasteiger partial charge in [0.1, 0.15) is 5.60 Å². The Kier molecular flexibility index (Phi) is 7.90. The quantitative estimate of drug-likeness (QED) is 0.752. The molecule has 6 nitrogen and oxygen atoms in total. The molecular weight excluding hydrogens is 320 g/mol. The molecule has 3 N–H and O–H groups in total. The van der Waals surface area contributed by atoms with Crippen LogP contribution in [0.4, 0.5) is 4.79 Å². The van der Waals surface area contributed by atoms with Crippen LogP contribution in [-0.2, 0) is 22.5 Å². The van der Waals surface area contributed by atoms with Crippen molar-refractivity contribution in [1.29, 1.82) is 0 Å². The molecule has 0 aliphatic heterocycles. The Morgan fingerprint density at radius 1 is 1.28 bits per heavy atom. The highest BCUT2D eigenvalue weighted by Crippen LogP contribution is 2.17. The Labute approximate surface area is 150 Å². The van der Waals surface area contributed by atoms with Crippen molar-refractivity contribution in [3.05, 3.63) is 35.4 Å². The van der Waals surface area contributed by atoms with Crippen molar-refractivity contribution in [1.82, 2.24) is 4.90 Å². The molecule has 140 valence electrons. The van der Waals surface area contributed by atoms with Gasteiger partial charge in [-0.25, -0.2) is 4.79 Å². The number of nitrogens with two attached hydrogens (primary N) is 1. The van der Waals surface area contributed by atoms with Crippen molar-refractivity contribution in [2.45, 2.75) is 52.2 Å². The van der Waals surface area contributed by atoms with Gasteiger partial charge in [0.05, 0.1) is 5.92 Å². The van der Waals surface area contributed by atoms with Crippen molar-refractivity contribution in [3.63, 3.8) is 0 Å². The highest BCUT2D eigenvalue weighted by atomic mass is 16.6. The Morgan fingerprint density at radius 3 is 2.48 bits per heavy atom. The van der Waals surface area contributed by atoms with Crippen LogP contribution in [0.15, 0.2) is 24.3 Å². The number of hydrogen-bond acceptors (Lipinski definition) is 4. The van der Waals surface area contributed by atoms with Gasteiger partial charge in [0, 0.05) is 20.1 Å². The molecule has 0 aliphatic carbocycles. The van der Waals surface area contributed by atoms with Crippen molar-refractivity contribution < 1.29 is 19.4 Å². The van der Waals surface area contributed by atoms with Gasteiger partial charge in [-0.2, -0.15) is 0 Å². The number of ether oxygens (including phenoxy) is 1. The van der Waals surface area contributed by atoms with Crippen LogP contribution in [-0.4, -0.2) is 41.3 Å². The minimum Gasteiger partial charge on any atom is -0.481 e. The van der Waals surface area contributed by atoms with Gasteiger partial charge in [-0.15, -0.1) is 0 Å². The predicted molar refractivity (Wildman–Crippen MR) is 97.3 cm³/mol. The molecule has 0 bridgehead atoms. The first-order valence-corrected chi connectivity index (χ1v) is 8.57. The summed E-state index contributed by atoms with van der Waals surface area (Å²) in [4.78, 5) is 24.9. The molecule has 1 rings (SSSR count). The number of carbonyl (C=O) groups is 2. The van der Waals surface area contributed by atoms with Crippen molar-refractivity contribution in [2.75, 3.05) is 13.6 Å². The zero-order valence-electron chi connectivity index (χ0n) is 15.6. The highest BCUT2D eigenvalue weighted by Gasteiger charge is 2.21. The average molecular weight is 350 g/mol. The normalized spacial score (nSPS) is 12.5. The van der Waals surface area contributed by atoms with E-state index in [1.54, 1.807) is 7.05 Å². The van der Waals surface area contributed by atoms with Crippen molar-refractivity contribution in [3.8, 4) is 0 Å². The molecule has 0 saturated carbocycles. The first-order valence-electron chi connectivity index (χ1n) is 8.57. The van der Waals surface area contributed by atoms with Crippen LogP contribution in [0.25, 0.3) is 0 Å². The molecule has 0 aromatic heterocycles. The van der Waals surface area contributed by atoms with E-state index in [0.717, 1.165) is 11.1 Å². The van der Waals surface area contributed by atoms with Gasteiger partial charge in [0.15, 0.2) is 0 Å². The van der Waals surface area contributed by atoms with E-state index in [4.69, 9.17) is 10.5 Å². The predicted octanol–water partition coefficient (Wildman–Crippen LogP) is 3.04. The molecule has 1 unspecified atom stereocenters. The second-order valence-corrected chi connectivity index (χ2v) is 7.31. The molecule has 0 saturated heterocycles. The van der Waals surface area contributed by atoms with Gasteiger partial charge in [0.2, 0.25) is 0 Å². The summed E-state index contributed by atoms with van der Waals surface area (Å²) in [7, 11) is 1.66. The maximum Gasteiger partial charge on any atom is 0.410 e. The van der Waals surface area contributed by atoms with Crippen molar-refractivity contribution in [2.24, 2.45) is 11.7 Å². The van der Waals surface area contributed by atoms with E-state index in [0.29, 0.717) is 32.4 Å². The third-order valence-corrected chi connectivity index (χ3v) is 3.81. The lowest BCUT2D eigenvalue weighted by molar-refractivity contribution is -0.142. The number of hydrogen-bond donors (Lipinski definition) is 2. The first-order chi connectivity index (χ1) is 11.6. The molecule has 1 aromatic carbocycles. The number of nitrogens with zero attached hydrogens (tertiary/aromatic N) is 1. The van der Waals surface area contributed by atoms with Crippen LogP contribution < -0.4 is 5.73 Å². The fraction of sp³-hybridized carbons (Fsp3) is 0.579. The largest absolute Gasteiger partial charge is 0.481 e. The molecule has 0 fully saturated rings. The summed E-state index contributed by atoms with van der Waals surface area (Å²) >= 11 is 0. The Hall–Kier alpha value is -2.08. The number of amides is 1. The van der Waals surface area contributed by atoms with E-state index in [1.807, 2.05) is 45.0 Å². The van der Waals surface area contributed by atoms with Crippen LogP contribution >= 0.6 is 0 Å². The second kappa shape index (κ2) is 9.42. The molecule has 0 aliphatic rings. The lowest BCUT2D eigenvalue weighted by atomic mass is 9.94. The molecule has 0 spiro atoms. The Bertz CT molecular complexity index is 581. The van der Waals surface area contributed by atoms with Gasteiger partial charge < -0.3 is 20.5 Å². The van der Waals surface area contributed by atoms with E-state index in [2.05, 4.69) is 0 Å². The Morgan fingerprint density at radius 2 is 1.92 bits per heavy atom. The van der Waals surface area contributed by atoms with E-state index in [9.17, 15) is 14.7 Å². The van der Waals surface area contributed by atoms with Crippen LogP contribution in [0, 0.1) is 5.92 Å². The molecule has 0 heterocycles. The molecule has 25 heavy (non-hydrogen) atoms. The zero-order valence-corrected chi connectivity index (χ0v) is 15.6. The Balaban J connectivity index is 2.53. The summed E-state index contributed by atoms with van der Waals surface area (Å²) in [6.07, 6.45) is 1.16. The fourth-order valence-electron chi connectivity index (χ4n) is 2.49. The fourth-order valence-corrected chi connectivity index (χ4v) is 2.49. The van der Waals surface area contributed by atoms with E-state index in [1.165, 1.54) is 4.90 Å². The standard InChI is InChI=1S/C19H30N2O4/c1-19(2,3)25-18(24)21(4)10-6-9-16(17(22)23)12-14-7-5-8-15(11-14)13-20/h5,7-8,11,16H,6,9-10,12-13,20H2,1-4H3,(H,22,23). The number of carboxylic acid groups (broad SMARTS) is 1. The van der Waals surface area contributed by atoms with E-state index >= 15 is 0 Å². The summed E-state index contributed by atoms with van der Waals surface area (Å²) in [5.41, 5.74) is 7.05. The number of carbonyl (C=O) groups excluding carboxylic acids is 1. The number of aliphatic carboxylic acids is 1. The average Bonchev–Trinajstić information content (AvgIpc) is 2.52. The van der Waals surface area contributed by atoms with Crippen LogP contribution in [0.1, 0.15) is 44.7 Å². The molecule has 1 aromatic rings. The third kappa shape index (κ3) is 8.03. The molecule has 1 amide bonds. The number of benzene rings is 1. The molecule has 1 atom stereocenters. The van der Waals surface area contributed by atoms with E-state index < -0.39 is 23.6 Å². The summed E-state index contributed by atoms with van der Waals surface area (Å²) in [5, 5.41) is 9.46. The minimum absolute atomic E-state index is 0.393. The molecule has 6 heteroatoms. The summed E-state index contributed by atoms with van der Waals surface area (Å²) in [6.45, 7) is 6.34. The van der Waals surface area contributed by atoms with Gasteiger partial charge >= 0.3 is 12.1 Å². The van der Waals surface area contributed by atoms with Gasteiger partial charge in [0.25, 0.3) is 0 Å². The third-order valence-electron chi connectivity index (χ3n) is 3.81. The number of carboxylic acids is 1. The highest BCUT2D eigenvalue weighted by molar-refractivity contribution is 5.70. The SMILES string of the molecule is CN(CCCC(Cc1cccc(CN)c1)C(=O)O)C(=O)OC(C)(C)C. The summed E-state index contributed by atoms with van der Waals surface area (Å²) < 4.78 is 5.28. The van der Waals surface area contributed by atoms with Crippen LogP contribution in [0.2, 0.25) is 0 Å².